The lowest BCUT2D eigenvalue weighted by atomic mass is 9.87. The molecule has 3 N–H and O–H groups in total. The first-order valence-corrected chi connectivity index (χ1v) is 10.6. The molecule has 1 atom stereocenters. The lowest BCUT2D eigenvalue weighted by Crippen LogP contribution is -2.36. The Labute approximate surface area is 175 Å². The van der Waals surface area contributed by atoms with Gasteiger partial charge in [-0.3, -0.25) is 14.9 Å². The van der Waals surface area contributed by atoms with Crippen LogP contribution in [0.4, 0.5) is 11.5 Å². The van der Waals surface area contributed by atoms with E-state index in [4.69, 9.17) is 15.5 Å². The van der Waals surface area contributed by atoms with Gasteiger partial charge < -0.3 is 19.9 Å². The Kier molecular flexibility index (Phi) is 4.54. The van der Waals surface area contributed by atoms with E-state index in [0.717, 1.165) is 62.5 Å². The maximum Gasteiger partial charge on any atom is 0.264 e. The van der Waals surface area contributed by atoms with Crippen molar-refractivity contribution in [1.29, 1.82) is 0 Å². The number of H-pyrrole nitrogens is 1. The summed E-state index contributed by atoms with van der Waals surface area (Å²) in [5.41, 5.74) is 9.44. The quantitative estimate of drug-likeness (QED) is 0.691. The highest BCUT2D eigenvalue weighted by Gasteiger charge is 2.37. The minimum Gasteiger partial charge on any atom is -0.382 e. The van der Waals surface area contributed by atoms with Gasteiger partial charge in [0, 0.05) is 30.9 Å². The van der Waals surface area contributed by atoms with Crippen LogP contribution in [0, 0.1) is 5.41 Å². The van der Waals surface area contributed by atoms with Crippen LogP contribution in [0.25, 0.3) is 22.2 Å². The highest BCUT2D eigenvalue weighted by molar-refractivity contribution is 5.97. The Hall–Kier alpha value is -2.87. The SMILES string of the molecule is CC1(C)CCCC1n1cc(-c2ccc(N3CCOCC3)cn2)c2[nH]nc(N)c2c1=O. The van der Waals surface area contributed by atoms with Crippen molar-refractivity contribution in [2.45, 2.75) is 39.2 Å². The van der Waals surface area contributed by atoms with Crippen LogP contribution < -0.4 is 16.2 Å². The molecule has 2 aliphatic rings. The largest absolute Gasteiger partial charge is 0.382 e. The number of nitrogens with two attached hydrogens (primary N) is 1. The van der Waals surface area contributed by atoms with Crippen molar-refractivity contribution in [2.75, 3.05) is 36.9 Å². The summed E-state index contributed by atoms with van der Waals surface area (Å²) in [7, 11) is 0. The predicted molar refractivity (Wildman–Crippen MR) is 118 cm³/mol. The lowest BCUT2D eigenvalue weighted by Gasteiger charge is -2.29. The molecule has 4 heterocycles. The van der Waals surface area contributed by atoms with Gasteiger partial charge in [-0.25, -0.2) is 0 Å². The topological polar surface area (TPSA) is 102 Å². The van der Waals surface area contributed by atoms with Crippen LogP contribution in [0.1, 0.15) is 39.2 Å². The molecule has 3 aromatic rings. The molecule has 1 saturated heterocycles. The maximum atomic E-state index is 13.3. The lowest BCUT2D eigenvalue weighted by molar-refractivity contribution is 0.122. The summed E-state index contributed by atoms with van der Waals surface area (Å²) in [6.07, 6.45) is 7.03. The monoisotopic (exact) mass is 408 g/mol. The van der Waals surface area contributed by atoms with E-state index in [1.165, 1.54) is 0 Å². The van der Waals surface area contributed by atoms with Crippen molar-refractivity contribution < 1.29 is 4.74 Å². The van der Waals surface area contributed by atoms with Crippen molar-refractivity contribution in [3.05, 3.63) is 34.9 Å². The predicted octanol–water partition coefficient (Wildman–Crippen LogP) is 2.96. The number of rotatable bonds is 3. The van der Waals surface area contributed by atoms with Crippen LogP contribution in [0.5, 0.6) is 0 Å². The van der Waals surface area contributed by atoms with E-state index >= 15 is 0 Å². The number of ether oxygens (including phenoxy) is 1. The van der Waals surface area contributed by atoms with E-state index in [1.54, 1.807) is 0 Å². The molecule has 0 aromatic carbocycles. The number of aromatic amines is 1. The molecule has 1 aliphatic heterocycles. The second kappa shape index (κ2) is 7.12. The Morgan fingerprint density at radius 1 is 1.27 bits per heavy atom. The Bertz CT molecular complexity index is 1120. The van der Waals surface area contributed by atoms with Gasteiger partial charge in [-0.1, -0.05) is 20.3 Å². The Morgan fingerprint density at radius 3 is 2.73 bits per heavy atom. The van der Waals surface area contributed by atoms with Crippen molar-refractivity contribution in [2.24, 2.45) is 5.41 Å². The van der Waals surface area contributed by atoms with E-state index in [-0.39, 0.29) is 22.8 Å². The Balaban J connectivity index is 1.62. The number of fused-ring (bicyclic) bond motifs is 1. The van der Waals surface area contributed by atoms with Gasteiger partial charge in [-0.15, -0.1) is 0 Å². The molecule has 0 spiro atoms. The molecule has 1 aliphatic carbocycles. The fourth-order valence-electron chi connectivity index (χ4n) is 4.96. The van der Waals surface area contributed by atoms with Gasteiger partial charge in [0.1, 0.15) is 5.39 Å². The average Bonchev–Trinajstić information content (AvgIpc) is 3.31. The van der Waals surface area contributed by atoms with E-state index in [2.05, 4.69) is 35.0 Å². The number of nitrogens with one attached hydrogen (secondary N) is 1. The molecule has 158 valence electrons. The van der Waals surface area contributed by atoms with Crippen molar-refractivity contribution >= 4 is 22.4 Å². The Morgan fingerprint density at radius 2 is 2.07 bits per heavy atom. The molecule has 8 nitrogen and oxygen atoms in total. The summed E-state index contributed by atoms with van der Waals surface area (Å²) in [4.78, 5) is 20.3. The molecule has 8 heteroatoms. The molecule has 3 aromatic heterocycles. The summed E-state index contributed by atoms with van der Waals surface area (Å²) in [6.45, 7) is 7.66. The number of nitrogens with zero attached hydrogens (tertiary/aromatic N) is 4. The van der Waals surface area contributed by atoms with E-state index in [9.17, 15) is 4.79 Å². The normalized spacial score (nSPS) is 21.4. The third-order valence-electron chi connectivity index (χ3n) is 6.72. The summed E-state index contributed by atoms with van der Waals surface area (Å²) >= 11 is 0. The zero-order valence-electron chi connectivity index (χ0n) is 17.5. The number of anilines is 2. The standard InChI is InChI=1S/C22H28N6O2/c1-22(2)7-3-4-17(22)28-13-15(19-18(21(28)29)20(23)26-25-19)16-6-5-14(12-24-16)27-8-10-30-11-9-27/h5-6,12-13,17H,3-4,7-11H2,1-2H3,(H3,23,25,26). The van der Waals surface area contributed by atoms with Crippen LogP contribution in [0.2, 0.25) is 0 Å². The molecular formula is C22H28N6O2. The summed E-state index contributed by atoms with van der Waals surface area (Å²) in [6, 6.07) is 4.22. The molecule has 0 bridgehead atoms. The number of morpholine rings is 1. The number of nitrogen functional groups attached to an aromatic ring is 1. The zero-order chi connectivity index (χ0) is 20.9. The van der Waals surface area contributed by atoms with Crippen LogP contribution in [0.3, 0.4) is 0 Å². The minimum absolute atomic E-state index is 0.0564. The van der Waals surface area contributed by atoms with Crippen molar-refractivity contribution in [3.8, 4) is 11.3 Å². The summed E-state index contributed by atoms with van der Waals surface area (Å²) < 4.78 is 7.31. The number of hydrogen-bond donors (Lipinski definition) is 2. The second-order valence-electron chi connectivity index (χ2n) is 9.01. The molecule has 5 rings (SSSR count). The van der Waals surface area contributed by atoms with E-state index in [0.29, 0.717) is 10.9 Å². The van der Waals surface area contributed by atoms with Gasteiger partial charge in [0.15, 0.2) is 5.82 Å². The van der Waals surface area contributed by atoms with E-state index in [1.807, 2.05) is 23.0 Å². The first-order valence-electron chi connectivity index (χ1n) is 10.6. The number of hydrogen-bond acceptors (Lipinski definition) is 6. The van der Waals surface area contributed by atoms with Gasteiger partial charge in [0.2, 0.25) is 0 Å². The van der Waals surface area contributed by atoms with Gasteiger partial charge in [-0.05, 0) is 30.4 Å². The third kappa shape index (κ3) is 3.06. The average molecular weight is 409 g/mol. The van der Waals surface area contributed by atoms with Crippen LogP contribution in [-0.4, -0.2) is 46.1 Å². The summed E-state index contributed by atoms with van der Waals surface area (Å²) in [5, 5.41) is 7.54. The highest BCUT2D eigenvalue weighted by Crippen LogP contribution is 2.46. The molecule has 0 amide bonds. The van der Waals surface area contributed by atoms with Crippen LogP contribution in [0.15, 0.2) is 29.3 Å². The molecule has 2 fully saturated rings. The van der Waals surface area contributed by atoms with Crippen LogP contribution in [-0.2, 0) is 4.74 Å². The van der Waals surface area contributed by atoms with Crippen molar-refractivity contribution in [3.63, 3.8) is 0 Å². The molecule has 0 radical (unpaired) electrons. The van der Waals surface area contributed by atoms with Gasteiger partial charge in [0.05, 0.1) is 36.3 Å². The van der Waals surface area contributed by atoms with E-state index < -0.39 is 0 Å². The second-order valence-corrected chi connectivity index (χ2v) is 9.01. The summed E-state index contributed by atoms with van der Waals surface area (Å²) in [5.74, 6) is 0.242. The first-order chi connectivity index (χ1) is 14.5. The fourth-order valence-corrected chi connectivity index (χ4v) is 4.96. The number of aromatic nitrogens is 4. The first kappa shape index (κ1) is 19.1. The smallest absolute Gasteiger partial charge is 0.264 e. The van der Waals surface area contributed by atoms with Gasteiger partial charge in [0.25, 0.3) is 5.56 Å². The fraction of sp³-hybridized carbons (Fsp3) is 0.500. The molecular weight excluding hydrogens is 380 g/mol. The molecule has 30 heavy (non-hydrogen) atoms. The highest BCUT2D eigenvalue weighted by atomic mass is 16.5. The third-order valence-corrected chi connectivity index (χ3v) is 6.72. The minimum atomic E-state index is -0.0788. The number of pyridine rings is 2. The maximum absolute atomic E-state index is 13.3. The molecule has 1 saturated carbocycles. The molecule has 1 unspecified atom stereocenters. The zero-order valence-corrected chi connectivity index (χ0v) is 17.5. The van der Waals surface area contributed by atoms with Crippen molar-refractivity contribution in [1.82, 2.24) is 19.7 Å². The van der Waals surface area contributed by atoms with Gasteiger partial charge >= 0.3 is 0 Å². The van der Waals surface area contributed by atoms with Crippen LogP contribution >= 0.6 is 0 Å². The van der Waals surface area contributed by atoms with Gasteiger partial charge in [-0.2, -0.15) is 5.10 Å².